The number of rotatable bonds is 30. The van der Waals surface area contributed by atoms with Gasteiger partial charge in [-0.2, -0.15) is 25.3 Å². The molecule has 0 bridgehead atoms. The molecule has 1 unspecified atom stereocenters. The molecule has 0 aliphatic rings. The fraction of sp³-hybridized carbons (Fsp3) is 0.200. The summed E-state index contributed by atoms with van der Waals surface area (Å²) in [5, 5.41) is 1.12. The molecule has 0 N–H and O–H groups in total. The van der Waals surface area contributed by atoms with Crippen LogP contribution in [0.25, 0.3) is 0 Å². The molecule has 0 heterocycles. The van der Waals surface area contributed by atoms with Crippen LogP contribution in [0.1, 0.15) is 105 Å². The lowest BCUT2D eigenvalue weighted by Gasteiger charge is -2.26. The first-order valence-corrected chi connectivity index (χ1v) is 46.8. The van der Waals surface area contributed by atoms with Crippen molar-refractivity contribution in [3.63, 3.8) is 0 Å². The van der Waals surface area contributed by atoms with Crippen LogP contribution in [0, 0.1) is 68.2 Å². The SMILES string of the molecule is CCC(CCCBr)CCc1ccc(N(c2ccc(C)cc2)c2ccc(C)cc2)cc1.Cc1ccc(N(c2ccc(C)cc2)c2ccc(COS(=O)(=O)c3ccc(C)cc3)cc2)cc1.Cc1ccc(N(c2ccc(C)cc2)c2ccc(COS(=O)(=O)c3ccccc3)cc2)cc1.Cc1ccc(N(c2ccc(C)cc2)c2ccc(COS(C)(=O)=O)cc2)cc1. The Kier molecular flexibility index (Phi) is 32.8. The van der Waals surface area contributed by atoms with Crippen LogP contribution in [0.4, 0.5) is 68.2 Å². The molecule has 13 nitrogen and oxygen atoms in total. The third-order valence-corrected chi connectivity index (χ3v) is 24.5. The Morgan fingerprint density at radius 2 is 0.467 bits per heavy atom. The topological polar surface area (TPSA) is 143 Å². The Bertz CT molecular complexity index is 5760. The van der Waals surface area contributed by atoms with Crippen molar-refractivity contribution in [2.24, 2.45) is 5.92 Å². The van der Waals surface area contributed by atoms with Gasteiger partial charge < -0.3 is 19.6 Å². The van der Waals surface area contributed by atoms with Crippen LogP contribution in [0.5, 0.6) is 0 Å². The van der Waals surface area contributed by atoms with E-state index in [1.165, 1.54) is 105 Å². The second-order valence-electron chi connectivity index (χ2n) is 30.9. The van der Waals surface area contributed by atoms with Crippen molar-refractivity contribution in [1.29, 1.82) is 0 Å². The zero-order valence-corrected chi connectivity index (χ0v) is 75.5. The van der Waals surface area contributed by atoms with Crippen molar-refractivity contribution in [2.75, 3.05) is 31.2 Å². The number of hydrogen-bond donors (Lipinski definition) is 0. The highest BCUT2D eigenvalue weighted by Crippen LogP contribution is 2.40. The summed E-state index contributed by atoms with van der Waals surface area (Å²) in [6.45, 7) is 20.9. The Balaban J connectivity index is 0.000000159. The van der Waals surface area contributed by atoms with E-state index in [1.54, 1.807) is 42.5 Å². The Hall–Kier alpha value is -11.5. The molecule has 0 saturated heterocycles. The van der Waals surface area contributed by atoms with Gasteiger partial charge in [-0.1, -0.05) is 255 Å². The molecule has 1 atom stereocenters. The lowest BCUT2D eigenvalue weighted by Crippen LogP contribution is -2.10. The Labute approximate surface area is 733 Å². The maximum Gasteiger partial charge on any atom is 0.297 e. The molecule has 0 spiro atoms. The first-order valence-electron chi connectivity index (χ1n) is 41.1. The number of alkyl halides is 1. The quantitative estimate of drug-likeness (QED) is 0.0311. The lowest BCUT2D eigenvalue weighted by atomic mass is 9.93. The molecule has 0 aromatic heterocycles. The fourth-order valence-corrected chi connectivity index (χ4v) is 16.0. The van der Waals surface area contributed by atoms with Crippen LogP contribution in [0.2, 0.25) is 0 Å². The maximum atomic E-state index is 12.5. The Morgan fingerprint density at radius 3 is 0.689 bits per heavy atom. The van der Waals surface area contributed by atoms with Gasteiger partial charge in [0, 0.05) is 73.6 Å². The van der Waals surface area contributed by atoms with Gasteiger partial charge in [0.25, 0.3) is 30.4 Å². The monoisotopic (exact) mass is 1740 g/mol. The number of anilines is 12. The normalized spacial score (nSPS) is 11.5. The van der Waals surface area contributed by atoms with E-state index in [2.05, 4.69) is 316 Å². The second-order valence-corrected chi connectivity index (χ2v) is 36.5. The lowest BCUT2D eigenvalue weighted by molar-refractivity contribution is 0.307. The molecule has 14 rings (SSSR count). The van der Waals surface area contributed by atoms with Crippen molar-refractivity contribution in [3.8, 4) is 0 Å². The molecule has 0 aliphatic heterocycles. The van der Waals surface area contributed by atoms with Gasteiger partial charge in [-0.15, -0.1) is 0 Å². The Morgan fingerprint density at radius 1 is 0.262 bits per heavy atom. The maximum absolute atomic E-state index is 12.5. The van der Waals surface area contributed by atoms with Crippen molar-refractivity contribution >= 4 is 115 Å². The van der Waals surface area contributed by atoms with Crippen LogP contribution >= 0.6 is 15.9 Å². The largest absolute Gasteiger partial charge is 0.311 e. The van der Waals surface area contributed by atoms with Gasteiger partial charge >= 0.3 is 0 Å². The summed E-state index contributed by atoms with van der Waals surface area (Å²) in [6, 6.07) is 115. The molecular formula is C105H109BrN4O9S3. The van der Waals surface area contributed by atoms with E-state index in [-0.39, 0.29) is 29.6 Å². The average molecular weight is 1750 g/mol. The minimum Gasteiger partial charge on any atom is -0.311 e. The standard InChI is InChI=1S/C28H34BrN.C28H27NO3S.C27H25NO3S.C22H23NO3S/c1-4-24(6-5-21-29)11-12-25-13-19-28(20-14-25)30(26-15-7-22(2)8-16-26)27-17-9-23(3)10-18-27;1-21-4-12-25(13-5-21)29(26-14-6-22(2)7-15-26)27-16-10-24(11-17-27)20-32-33(30,31)28-18-8-23(3)9-19-28;1-21-8-14-24(15-9-21)28(25-16-10-22(2)11-17-25)26-18-12-23(13-19-26)20-31-32(29,30)27-6-4-3-5-7-27;1-17-4-10-20(11-5-17)23(21-12-6-18(2)7-13-21)22-14-8-19(9-15-22)16-26-27(3,24)25/h7-10,13-20,24H,4-6,11-12,21H2,1-3H3;4-19H,20H2,1-3H3;3-19H,20H2,1-2H3;4-15H,16H2,1-3H3. The molecule has 0 fully saturated rings. The zero-order valence-electron chi connectivity index (χ0n) is 71.4. The third kappa shape index (κ3) is 27.0. The predicted molar refractivity (Wildman–Crippen MR) is 509 cm³/mol. The van der Waals surface area contributed by atoms with E-state index < -0.39 is 30.4 Å². The number of halogens is 1. The minimum atomic E-state index is -3.81. The van der Waals surface area contributed by atoms with Gasteiger partial charge in [-0.05, 0) is 286 Å². The van der Waals surface area contributed by atoms with Crippen LogP contribution in [-0.2, 0) is 69.1 Å². The number of nitrogens with zero attached hydrogens (tertiary/aromatic N) is 4. The first kappa shape index (κ1) is 91.2. The molecule has 0 saturated carbocycles. The van der Waals surface area contributed by atoms with E-state index in [4.69, 9.17) is 12.5 Å². The second kappa shape index (κ2) is 43.8. The van der Waals surface area contributed by atoms with E-state index >= 15 is 0 Å². The molecule has 0 amide bonds. The summed E-state index contributed by atoms with van der Waals surface area (Å²) < 4.78 is 87.5. The molecule has 17 heteroatoms. The average Bonchev–Trinajstić information content (AvgIpc) is 0.821. The molecule has 628 valence electrons. The summed E-state index contributed by atoms with van der Waals surface area (Å²) >= 11 is 3.57. The highest BCUT2D eigenvalue weighted by molar-refractivity contribution is 9.09. The molecule has 0 aliphatic carbocycles. The number of benzene rings is 14. The summed E-state index contributed by atoms with van der Waals surface area (Å²) in [4.78, 5) is 9.17. The molecule has 14 aromatic carbocycles. The number of hydrogen-bond acceptors (Lipinski definition) is 13. The van der Waals surface area contributed by atoms with Gasteiger partial charge in [0.15, 0.2) is 0 Å². The van der Waals surface area contributed by atoms with Crippen LogP contribution in [-0.4, -0.2) is 36.8 Å². The van der Waals surface area contributed by atoms with Crippen molar-refractivity contribution in [3.05, 3.63) is 418 Å². The first-order chi connectivity index (χ1) is 58.7. The van der Waals surface area contributed by atoms with Crippen molar-refractivity contribution < 1.29 is 37.8 Å². The summed E-state index contributed by atoms with van der Waals surface area (Å²) in [5.74, 6) is 0.832. The highest BCUT2D eigenvalue weighted by atomic mass is 79.9. The van der Waals surface area contributed by atoms with E-state index in [0.717, 1.165) is 97.4 Å². The molecular weight excluding hydrogens is 1640 g/mol. The zero-order chi connectivity index (χ0) is 86.8. The molecule has 122 heavy (non-hydrogen) atoms. The number of aryl methyl sites for hydroxylation is 10. The predicted octanol–water partition coefficient (Wildman–Crippen LogP) is 27.8. The van der Waals surface area contributed by atoms with E-state index in [9.17, 15) is 25.3 Å². The van der Waals surface area contributed by atoms with Crippen molar-refractivity contribution in [2.45, 2.75) is 131 Å². The summed E-state index contributed by atoms with van der Waals surface area (Å²) in [6.07, 6.45) is 7.38. The van der Waals surface area contributed by atoms with Gasteiger partial charge in [0.1, 0.15) is 0 Å². The summed E-state index contributed by atoms with van der Waals surface area (Å²) in [5.41, 5.74) is 27.4. The minimum absolute atomic E-state index is 0.0213. The van der Waals surface area contributed by atoms with Crippen LogP contribution < -0.4 is 19.6 Å². The van der Waals surface area contributed by atoms with E-state index in [0.29, 0.717) is 0 Å². The van der Waals surface area contributed by atoms with Crippen molar-refractivity contribution in [1.82, 2.24) is 0 Å². The fourth-order valence-electron chi connectivity index (χ4n) is 13.6. The van der Waals surface area contributed by atoms with E-state index in [1.807, 2.05) is 79.7 Å². The van der Waals surface area contributed by atoms with Crippen LogP contribution in [0.3, 0.4) is 0 Å². The van der Waals surface area contributed by atoms with Gasteiger partial charge in [0.05, 0.1) is 35.9 Å². The van der Waals surface area contributed by atoms with Crippen LogP contribution in [0.15, 0.2) is 356 Å². The highest BCUT2D eigenvalue weighted by Gasteiger charge is 2.21. The third-order valence-electron chi connectivity index (χ3n) is 20.8. The smallest absolute Gasteiger partial charge is 0.297 e. The van der Waals surface area contributed by atoms with Gasteiger partial charge in [-0.25, -0.2) is 0 Å². The summed E-state index contributed by atoms with van der Waals surface area (Å²) in [7, 11) is -11.0. The molecule has 0 radical (unpaired) electrons. The van der Waals surface area contributed by atoms with Gasteiger partial charge in [0.2, 0.25) is 0 Å². The molecule has 14 aromatic rings. The van der Waals surface area contributed by atoms with Gasteiger partial charge in [-0.3, -0.25) is 12.5 Å².